The lowest BCUT2D eigenvalue weighted by atomic mass is 10.1. The molecule has 6 nitrogen and oxygen atoms in total. The lowest BCUT2D eigenvalue weighted by Gasteiger charge is -2.14. The lowest BCUT2D eigenvalue weighted by molar-refractivity contribution is -0.122. The van der Waals surface area contributed by atoms with Crippen molar-refractivity contribution >= 4 is 46.7 Å². The summed E-state index contributed by atoms with van der Waals surface area (Å²) in [4.78, 5) is 34.2. The van der Waals surface area contributed by atoms with Gasteiger partial charge in [0.25, 0.3) is 0 Å². The fraction of sp³-hybridized carbons (Fsp3) is 0.250. The van der Waals surface area contributed by atoms with Crippen molar-refractivity contribution in [1.29, 1.82) is 0 Å². The first-order valence-electron chi connectivity index (χ1n) is 5.71. The number of aromatic carboxylic acids is 1. The van der Waals surface area contributed by atoms with E-state index >= 15 is 0 Å². The number of halogens is 2. The predicted molar refractivity (Wildman–Crippen MR) is 73.2 cm³/mol. The summed E-state index contributed by atoms with van der Waals surface area (Å²) in [5.74, 6) is -1.99. The zero-order valence-corrected chi connectivity index (χ0v) is 11.6. The van der Waals surface area contributed by atoms with Crippen LogP contribution in [0.5, 0.6) is 0 Å². The van der Waals surface area contributed by atoms with Crippen molar-refractivity contribution in [3.63, 3.8) is 0 Å². The molecule has 1 aliphatic heterocycles. The summed E-state index contributed by atoms with van der Waals surface area (Å²) in [6, 6.07) is 1.84. The predicted octanol–water partition coefficient (Wildman–Crippen LogP) is 1.91. The van der Waals surface area contributed by atoms with E-state index in [-0.39, 0.29) is 33.6 Å². The van der Waals surface area contributed by atoms with Crippen LogP contribution in [0.1, 0.15) is 23.2 Å². The summed E-state index contributed by atoms with van der Waals surface area (Å²) in [6.45, 7) is 0. The fourth-order valence-electron chi connectivity index (χ4n) is 1.89. The van der Waals surface area contributed by atoms with Crippen molar-refractivity contribution in [1.82, 2.24) is 5.32 Å². The summed E-state index contributed by atoms with van der Waals surface area (Å²) < 4.78 is 0. The number of nitrogens with one attached hydrogen (secondary N) is 2. The molecule has 0 spiro atoms. The second-order valence-electron chi connectivity index (χ2n) is 4.26. The van der Waals surface area contributed by atoms with Crippen molar-refractivity contribution < 1.29 is 19.5 Å². The molecule has 106 valence electrons. The highest BCUT2D eigenvalue weighted by atomic mass is 35.5. The molecule has 0 aromatic heterocycles. The van der Waals surface area contributed by atoms with Crippen LogP contribution in [0.4, 0.5) is 5.69 Å². The molecule has 2 amide bonds. The van der Waals surface area contributed by atoms with E-state index in [4.69, 9.17) is 28.3 Å². The van der Waals surface area contributed by atoms with Gasteiger partial charge in [0.1, 0.15) is 6.04 Å². The normalized spacial score (nSPS) is 17.7. The number of amides is 2. The van der Waals surface area contributed by atoms with E-state index < -0.39 is 17.9 Å². The highest BCUT2D eigenvalue weighted by Gasteiger charge is 2.28. The maximum atomic E-state index is 12.0. The quantitative estimate of drug-likeness (QED) is 0.793. The molecule has 1 aromatic carbocycles. The van der Waals surface area contributed by atoms with Gasteiger partial charge in [0.05, 0.1) is 16.3 Å². The molecule has 1 heterocycles. The number of rotatable bonds is 3. The van der Waals surface area contributed by atoms with Gasteiger partial charge in [0.15, 0.2) is 0 Å². The molecule has 1 unspecified atom stereocenters. The van der Waals surface area contributed by atoms with Gasteiger partial charge in [-0.15, -0.1) is 0 Å². The Morgan fingerprint density at radius 1 is 1.35 bits per heavy atom. The molecule has 3 N–H and O–H groups in total. The van der Waals surface area contributed by atoms with E-state index in [0.29, 0.717) is 6.42 Å². The van der Waals surface area contributed by atoms with Gasteiger partial charge >= 0.3 is 5.97 Å². The Bertz CT molecular complexity index is 603. The second-order valence-corrected chi connectivity index (χ2v) is 5.11. The van der Waals surface area contributed by atoms with Gasteiger partial charge in [-0.1, -0.05) is 23.2 Å². The molecule has 20 heavy (non-hydrogen) atoms. The molecule has 1 aromatic rings. The summed E-state index contributed by atoms with van der Waals surface area (Å²) >= 11 is 11.6. The summed E-state index contributed by atoms with van der Waals surface area (Å²) in [6.07, 6.45) is 0.622. The minimum absolute atomic E-state index is 0.0209. The maximum absolute atomic E-state index is 12.0. The summed E-state index contributed by atoms with van der Waals surface area (Å²) in [5.41, 5.74) is -0.241. The molecule has 8 heteroatoms. The standard InChI is InChI=1S/C12H10Cl2N2O4/c13-5-3-6(12(19)20)10(7(14)4-5)16-11(18)8-1-2-9(17)15-8/h3-4,8H,1-2H2,(H,15,17)(H,16,18)(H,19,20). The Hall–Kier alpha value is -1.79. The molecule has 0 bridgehead atoms. The lowest BCUT2D eigenvalue weighted by Crippen LogP contribution is -2.37. The fourth-order valence-corrected chi connectivity index (χ4v) is 2.43. The van der Waals surface area contributed by atoms with Crippen LogP contribution in [-0.4, -0.2) is 28.9 Å². The Morgan fingerprint density at radius 2 is 2.05 bits per heavy atom. The number of benzene rings is 1. The van der Waals surface area contributed by atoms with Crippen molar-refractivity contribution in [3.8, 4) is 0 Å². The van der Waals surface area contributed by atoms with Gasteiger partial charge in [0, 0.05) is 11.4 Å². The Kier molecular flexibility index (Phi) is 4.15. The Labute approximate surface area is 124 Å². The van der Waals surface area contributed by atoms with E-state index in [1.807, 2.05) is 0 Å². The van der Waals surface area contributed by atoms with Crippen LogP contribution < -0.4 is 10.6 Å². The summed E-state index contributed by atoms with van der Waals surface area (Å²) in [5, 5.41) is 14.2. The molecule has 2 rings (SSSR count). The number of hydrogen-bond acceptors (Lipinski definition) is 3. The maximum Gasteiger partial charge on any atom is 0.337 e. The van der Waals surface area contributed by atoms with Gasteiger partial charge in [-0.3, -0.25) is 9.59 Å². The van der Waals surface area contributed by atoms with Gasteiger partial charge < -0.3 is 15.7 Å². The third kappa shape index (κ3) is 3.02. The van der Waals surface area contributed by atoms with Crippen LogP contribution in [-0.2, 0) is 9.59 Å². The zero-order valence-electron chi connectivity index (χ0n) is 10.1. The first-order chi connectivity index (χ1) is 9.38. The number of carboxylic acids is 1. The zero-order chi connectivity index (χ0) is 14.9. The minimum Gasteiger partial charge on any atom is -0.478 e. The molecule has 1 aliphatic rings. The molecule has 0 radical (unpaired) electrons. The average molecular weight is 317 g/mol. The Balaban J connectivity index is 2.26. The smallest absolute Gasteiger partial charge is 0.337 e. The van der Waals surface area contributed by atoms with Crippen LogP contribution in [0.25, 0.3) is 0 Å². The van der Waals surface area contributed by atoms with Crippen LogP contribution in [0, 0.1) is 0 Å². The molecule has 0 saturated carbocycles. The second kappa shape index (κ2) is 5.68. The van der Waals surface area contributed by atoms with Crippen LogP contribution in [0.2, 0.25) is 10.0 Å². The van der Waals surface area contributed by atoms with Crippen LogP contribution >= 0.6 is 23.2 Å². The third-order valence-corrected chi connectivity index (χ3v) is 3.36. The Morgan fingerprint density at radius 3 is 2.60 bits per heavy atom. The van der Waals surface area contributed by atoms with E-state index in [1.54, 1.807) is 0 Å². The number of hydrogen-bond donors (Lipinski definition) is 3. The van der Waals surface area contributed by atoms with E-state index in [9.17, 15) is 14.4 Å². The summed E-state index contributed by atoms with van der Waals surface area (Å²) in [7, 11) is 0. The van der Waals surface area contributed by atoms with Crippen molar-refractivity contribution in [2.45, 2.75) is 18.9 Å². The van der Waals surface area contributed by atoms with E-state index in [1.165, 1.54) is 12.1 Å². The van der Waals surface area contributed by atoms with E-state index in [0.717, 1.165) is 0 Å². The molecule has 1 atom stereocenters. The topological polar surface area (TPSA) is 95.5 Å². The van der Waals surface area contributed by atoms with E-state index in [2.05, 4.69) is 10.6 Å². The van der Waals surface area contributed by atoms with Crippen molar-refractivity contribution in [2.75, 3.05) is 5.32 Å². The number of carboxylic acid groups (broad SMARTS) is 1. The van der Waals surface area contributed by atoms with Crippen molar-refractivity contribution in [2.24, 2.45) is 0 Å². The van der Waals surface area contributed by atoms with Crippen LogP contribution in [0.15, 0.2) is 12.1 Å². The van der Waals surface area contributed by atoms with Gasteiger partial charge in [-0.25, -0.2) is 4.79 Å². The molecular formula is C12H10Cl2N2O4. The third-order valence-electron chi connectivity index (χ3n) is 2.85. The molecule has 1 fully saturated rings. The van der Waals surface area contributed by atoms with Gasteiger partial charge in [-0.05, 0) is 18.6 Å². The number of anilines is 1. The number of carbonyl (C=O) groups excluding carboxylic acids is 2. The first-order valence-corrected chi connectivity index (χ1v) is 6.46. The molecule has 1 saturated heterocycles. The average Bonchev–Trinajstić information content (AvgIpc) is 2.78. The monoisotopic (exact) mass is 316 g/mol. The molecular weight excluding hydrogens is 307 g/mol. The highest BCUT2D eigenvalue weighted by molar-refractivity contribution is 6.37. The first kappa shape index (κ1) is 14.6. The minimum atomic E-state index is -1.26. The van der Waals surface area contributed by atoms with Crippen LogP contribution in [0.3, 0.4) is 0 Å². The van der Waals surface area contributed by atoms with Gasteiger partial charge in [0.2, 0.25) is 11.8 Å². The largest absolute Gasteiger partial charge is 0.478 e. The SMILES string of the molecule is O=C1CCC(C(=O)Nc2c(Cl)cc(Cl)cc2C(=O)O)N1. The van der Waals surface area contributed by atoms with Gasteiger partial charge in [-0.2, -0.15) is 0 Å². The number of carbonyl (C=O) groups is 3. The van der Waals surface area contributed by atoms with Crippen molar-refractivity contribution in [3.05, 3.63) is 27.7 Å². The highest BCUT2D eigenvalue weighted by Crippen LogP contribution is 2.30. The molecule has 0 aliphatic carbocycles.